The molecule has 3 heteroatoms. The number of amides is 1. The van der Waals surface area contributed by atoms with Gasteiger partial charge in [0.1, 0.15) is 0 Å². The van der Waals surface area contributed by atoms with Crippen molar-refractivity contribution in [3.63, 3.8) is 0 Å². The van der Waals surface area contributed by atoms with Gasteiger partial charge < -0.3 is 9.64 Å². The van der Waals surface area contributed by atoms with Crippen molar-refractivity contribution in [1.82, 2.24) is 4.90 Å². The molecule has 0 aromatic rings. The van der Waals surface area contributed by atoms with E-state index in [9.17, 15) is 4.79 Å². The second-order valence-corrected chi connectivity index (χ2v) is 4.34. The minimum atomic E-state index is 0.263. The van der Waals surface area contributed by atoms with Crippen LogP contribution in [0.1, 0.15) is 45.4 Å². The molecular formula is C12H23NO2. The summed E-state index contributed by atoms with van der Waals surface area (Å²) in [5, 5.41) is 0. The highest BCUT2D eigenvalue weighted by atomic mass is 16.5. The van der Waals surface area contributed by atoms with Crippen molar-refractivity contribution in [2.24, 2.45) is 0 Å². The summed E-state index contributed by atoms with van der Waals surface area (Å²) in [4.78, 5) is 13.5. The third-order valence-corrected chi connectivity index (χ3v) is 2.98. The van der Waals surface area contributed by atoms with E-state index in [1.807, 2.05) is 11.9 Å². The van der Waals surface area contributed by atoms with E-state index in [0.717, 1.165) is 45.3 Å². The fourth-order valence-corrected chi connectivity index (χ4v) is 1.87. The maximum atomic E-state index is 11.7. The van der Waals surface area contributed by atoms with E-state index in [0.29, 0.717) is 12.5 Å². The van der Waals surface area contributed by atoms with Crippen LogP contribution in [0.2, 0.25) is 0 Å². The maximum absolute atomic E-state index is 11.7. The van der Waals surface area contributed by atoms with Crippen LogP contribution in [0.25, 0.3) is 0 Å². The van der Waals surface area contributed by atoms with Crippen molar-refractivity contribution in [3.8, 4) is 0 Å². The third kappa shape index (κ3) is 4.65. The number of nitrogens with zero attached hydrogens (tertiary/aromatic N) is 1. The van der Waals surface area contributed by atoms with Gasteiger partial charge in [0.05, 0.1) is 6.10 Å². The average Bonchev–Trinajstić information content (AvgIpc) is 2.75. The Balaban J connectivity index is 2.11. The Labute approximate surface area is 92.8 Å². The maximum Gasteiger partial charge on any atom is 0.222 e. The van der Waals surface area contributed by atoms with Crippen LogP contribution in [-0.2, 0) is 9.53 Å². The Hall–Kier alpha value is -0.570. The predicted octanol–water partition coefficient (Wildman–Crippen LogP) is 2.20. The van der Waals surface area contributed by atoms with Crippen LogP contribution < -0.4 is 0 Å². The summed E-state index contributed by atoms with van der Waals surface area (Å²) in [6.07, 6.45) is 6.41. The van der Waals surface area contributed by atoms with Gasteiger partial charge in [-0.05, 0) is 25.7 Å². The molecule has 0 bridgehead atoms. The van der Waals surface area contributed by atoms with Crippen molar-refractivity contribution in [1.29, 1.82) is 0 Å². The topological polar surface area (TPSA) is 29.5 Å². The number of carbonyl (C=O) groups excluding carboxylic acids is 1. The minimum absolute atomic E-state index is 0.263. The molecule has 1 fully saturated rings. The molecule has 3 nitrogen and oxygen atoms in total. The summed E-state index contributed by atoms with van der Waals surface area (Å²) < 4.78 is 5.49. The molecule has 1 heterocycles. The molecule has 15 heavy (non-hydrogen) atoms. The van der Waals surface area contributed by atoms with Crippen molar-refractivity contribution >= 4 is 5.91 Å². The van der Waals surface area contributed by atoms with Crippen LogP contribution in [0.4, 0.5) is 0 Å². The zero-order chi connectivity index (χ0) is 11.1. The molecule has 0 spiro atoms. The highest BCUT2D eigenvalue weighted by Gasteiger charge is 2.17. The predicted molar refractivity (Wildman–Crippen MR) is 60.8 cm³/mol. The van der Waals surface area contributed by atoms with Gasteiger partial charge in [-0.2, -0.15) is 0 Å². The summed E-state index contributed by atoms with van der Waals surface area (Å²) in [6, 6.07) is 0. The smallest absolute Gasteiger partial charge is 0.222 e. The van der Waals surface area contributed by atoms with Crippen molar-refractivity contribution in [3.05, 3.63) is 0 Å². The van der Waals surface area contributed by atoms with Crippen LogP contribution in [0.3, 0.4) is 0 Å². The minimum Gasteiger partial charge on any atom is -0.378 e. The first-order valence-electron chi connectivity index (χ1n) is 6.09. The van der Waals surface area contributed by atoms with Crippen molar-refractivity contribution < 1.29 is 9.53 Å². The monoisotopic (exact) mass is 213 g/mol. The Kier molecular flexibility index (Phi) is 5.69. The van der Waals surface area contributed by atoms with Gasteiger partial charge in [-0.3, -0.25) is 4.79 Å². The van der Waals surface area contributed by atoms with Gasteiger partial charge in [0.25, 0.3) is 0 Å². The summed E-state index contributed by atoms with van der Waals surface area (Å²) in [7, 11) is 1.90. The van der Waals surface area contributed by atoms with Crippen molar-refractivity contribution in [2.45, 2.75) is 51.6 Å². The van der Waals surface area contributed by atoms with E-state index in [2.05, 4.69) is 6.92 Å². The highest BCUT2D eigenvalue weighted by Crippen LogP contribution is 2.17. The normalized spacial score (nSPS) is 20.5. The number of ether oxygens (including phenoxy) is 1. The third-order valence-electron chi connectivity index (χ3n) is 2.98. The molecule has 0 aromatic heterocycles. The first-order chi connectivity index (χ1) is 7.24. The average molecular weight is 213 g/mol. The molecular weight excluding hydrogens is 190 g/mol. The molecule has 1 aliphatic heterocycles. The second-order valence-electron chi connectivity index (χ2n) is 4.34. The zero-order valence-corrected chi connectivity index (χ0v) is 10.00. The second kappa shape index (κ2) is 6.83. The van der Waals surface area contributed by atoms with Gasteiger partial charge in [-0.1, -0.05) is 13.3 Å². The fourth-order valence-electron chi connectivity index (χ4n) is 1.87. The lowest BCUT2D eigenvalue weighted by molar-refractivity contribution is -0.130. The van der Waals surface area contributed by atoms with Gasteiger partial charge in [0.15, 0.2) is 0 Å². The fraction of sp³-hybridized carbons (Fsp3) is 0.917. The van der Waals surface area contributed by atoms with Crippen LogP contribution in [0, 0.1) is 0 Å². The Morgan fingerprint density at radius 2 is 2.33 bits per heavy atom. The first-order valence-corrected chi connectivity index (χ1v) is 6.09. The molecule has 0 N–H and O–H groups in total. The van der Waals surface area contributed by atoms with Gasteiger partial charge >= 0.3 is 0 Å². The number of hydrogen-bond donors (Lipinski definition) is 0. The van der Waals surface area contributed by atoms with Crippen LogP contribution in [0.15, 0.2) is 0 Å². The van der Waals surface area contributed by atoms with Crippen LogP contribution >= 0.6 is 0 Å². The SMILES string of the molecule is CCCCN(C)C(=O)CCC1CCCO1. The lowest BCUT2D eigenvalue weighted by atomic mass is 10.1. The molecule has 0 saturated carbocycles. The van der Waals surface area contributed by atoms with E-state index >= 15 is 0 Å². The van der Waals surface area contributed by atoms with Gasteiger partial charge in [-0.25, -0.2) is 0 Å². The van der Waals surface area contributed by atoms with E-state index in [1.165, 1.54) is 0 Å². The standard InChI is InChI=1S/C12H23NO2/c1-3-4-9-13(2)12(14)8-7-11-6-5-10-15-11/h11H,3-10H2,1-2H3. The highest BCUT2D eigenvalue weighted by molar-refractivity contribution is 5.75. The van der Waals surface area contributed by atoms with E-state index < -0.39 is 0 Å². The summed E-state index contributed by atoms with van der Waals surface area (Å²) in [5.41, 5.74) is 0. The molecule has 1 amide bonds. The van der Waals surface area contributed by atoms with E-state index in [1.54, 1.807) is 0 Å². The zero-order valence-electron chi connectivity index (χ0n) is 10.00. The largest absolute Gasteiger partial charge is 0.378 e. The molecule has 1 atom stereocenters. The van der Waals surface area contributed by atoms with Crippen LogP contribution in [-0.4, -0.2) is 37.1 Å². The number of carbonyl (C=O) groups is 1. The number of rotatable bonds is 6. The lowest BCUT2D eigenvalue weighted by Gasteiger charge is -2.17. The molecule has 1 aliphatic rings. The molecule has 1 saturated heterocycles. The van der Waals surface area contributed by atoms with Crippen LogP contribution in [0.5, 0.6) is 0 Å². The van der Waals surface area contributed by atoms with E-state index in [4.69, 9.17) is 4.74 Å². The molecule has 0 aliphatic carbocycles. The van der Waals surface area contributed by atoms with Gasteiger partial charge in [0, 0.05) is 26.6 Å². The summed E-state index contributed by atoms with van der Waals surface area (Å²) >= 11 is 0. The molecule has 0 aromatic carbocycles. The number of unbranched alkanes of at least 4 members (excludes halogenated alkanes) is 1. The molecule has 1 rings (SSSR count). The molecule has 0 radical (unpaired) electrons. The summed E-state index contributed by atoms with van der Waals surface area (Å²) in [6.45, 7) is 3.91. The van der Waals surface area contributed by atoms with Gasteiger partial charge in [0.2, 0.25) is 5.91 Å². The summed E-state index contributed by atoms with van der Waals surface area (Å²) in [5.74, 6) is 0.263. The Morgan fingerprint density at radius 3 is 2.93 bits per heavy atom. The van der Waals surface area contributed by atoms with Crippen molar-refractivity contribution in [2.75, 3.05) is 20.2 Å². The number of hydrogen-bond acceptors (Lipinski definition) is 2. The quantitative estimate of drug-likeness (QED) is 0.677. The van der Waals surface area contributed by atoms with Gasteiger partial charge in [-0.15, -0.1) is 0 Å². The lowest BCUT2D eigenvalue weighted by Crippen LogP contribution is -2.28. The molecule has 1 unspecified atom stereocenters. The Bertz CT molecular complexity index is 188. The van der Waals surface area contributed by atoms with E-state index in [-0.39, 0.29) is 5.91 Å². The molecule has 88 valence electrons. The Morgan fingerprint density at radius 1 is 1.53 bits per heavy atom. The first kappa shape index (κ1) is 12.5.